The molecule has 0 rings (SSSR count). The van der Waals surface area contributed by atoms with Gasteiger partial charge in [-0.2, -0.15) is 0 Å². The summed E-state index contributed by atoms with van der Waals surface area (Å²) in [4.78, 5) is 72.9. The maximum atomic E-state index is 13.1. The number of hydrogen-bond donors (Lipinski definition) is 3. The number of phosphoric ester groups is 2. The summed E-state index contributed by atoms with van der Waals surface area (Å²) >= 11 is 0. The highest BCUT2D eigenvalue weighted by atomic mass is 31.2. The molecule has 0 radical (unpaired) electrons. The molecule has 0 aliphatic heterocycles. The molecule has 19 heteroatoms. The number of unbranched alkanes of at least 4 members (excludes halogenated alkanes) is 47. The van der Waals surface area contributed by atoms with Crippen molar-refractivity contribution in [2.45, 2.75) is 446 Å². The molecule has 0 saturated heterocycles. The van der Waals surface area contributed by atoms with Gasteiger partial charge >= 0.3 is 39.5 Å². The van der Waals surface area contributed by atoms with E-state index in [-0.39, 0.29) is 25.7 Å². The van der Waals surface area contributed by atoms with Gasteiger partial charge in [0.05, 0.1) is 26.4 Å². The lowest BCUT2D eigenvalue weighted by Gasteiger charge is -2.21. The predicted octanol–water partition coefficient (Wildman–Crippen LogP) is 24.5. The number of carbonyl (C=O) groups excluding carboxylic acids is 4. The van der Waals surface area contributed by atoms with Crippen LogP contribution in [0.25, 0.3) is 0 Å². The molecule has 0 fully saturated rings. The Balaban J connectivity index is 5.16. The van der Waals surface area contributed by atoms with E-state index in [0.717, 1.165) is 120 Å². The van der Waals surface area contributed by atoms with Crippen LogP contribution in [0.5, 0.6) is 0 Å². The van der Waals surface area contributed by atoms with Gasteiger partial charge in [-0.25, -0.2) is 9.13 Å². The van der Waals surface area contributed by atoms with E-state index in [1.54, 1.807) is 0 Å². The Morgan fingerprint density at radius 1 is 0.287 bits per heavy atom. The van der Waals surface area contributed by atoms with E-state index < -0.39 is 97.5 Å². The second kappa shape index (κ2) is 72.3. The minimum atomic E-state index is -4.96. The van der Waals surface area contributed by atoms with Crippen LogP contribution in [0.1, 0.15) is 427 Å². The Kier molecular flexibility index (Phi) is 70.9. The lowest BCUT2D eigenvalue weighted by molar-refractivity contribution is -0.161. The third-order valence-electron chi connectivity index (χ3n) is 19.5. The first-order valence-corrected chi connectivity index (χ1v) is 45.4. The number of aliphatic hydroxyl groups is 1. The smallest absolute Gasteiger partial charge is 0.462 e. The average molecular weight is 1480 g/mol. The maximum Gasteiger partial charge on any atom is 0.472 e. The molecule has 0 aliphatic rings. The molecule has 0 heterocycles. The van der Waals surface area contributed by atoms with Crippen LogP contribution in [0, 0.1) is 17.8 Å². The van der Waals surface area contributed by atoms with Crippen LogP contribution in [0.2, 0.25) is 0 Å². The topological polar surface area (TPSA) is 237 Å². The zero-order chi connectivity index (χ0) is 74.4. The molecule has 0 aromatic rings. The lowest BCUT2D eigenvalue weighted by Crippen LogP contribution is -2.30. The van der Waals surface area contributed by atoms with Crippen molar-refractivity contribution in [3.05, 3.63) is 0 Å². The van der Waals surface area contributed by atoms with Crippen LogP contribution in [0.15, 0.2) is 0 Å². The molecule has 0 aromatic carbocycles. The first-order valence-electron chi connectivity index (χ1n) is 42.4. The highest BCUT2D eigenvalue weighted by molar-refractivity contribution is 7.47. The third kappa shape index (κ3) is 74.7. The number of ether oxygens (including phenoxy) is 4. The van der Waals surface area contributed by atoms with E-state index in [9.17, 15) is 43.2 Å². The molecule has 0 bridgehead atoms. The van der Waals surface area contributed by atoms with Gasteiger partial charge in [0.15, 0.2) is 12.2 Å². The van der Waals surface area contributed by atoms with Gasteiger partial charge in [0.25, 0.3) is 0 Å². The fourth-order valence-electron chi connectivity index (χ4n) is 12.6. The molecule has 6 atom stereocenters. The molecule has 3 N–H and O–H groups in total. The summed E-state index contributed by atoms with van der Waals surface area (Å²) in [6, 6.07) is 0. The summed E-state index contributed by atoms with van der Waals surface area (Å²) in [5.74, 6) is 0.321. The first kappa shape index (κ1) is 99.1. The van der Waals surface area contributed by atoms with E-state index >= 15 is 0 Å². The largest absolute Gasteiger partial charge is 0.472 e. The molecular weight excluding hydrogens is 1320 g/mol. The summed E-state index contributed by atoms with van der Waals surface area (Å²) in [5.41, 5.74) is 0. The van der Waals surface area contributed by atoms with Crippen LogP contribution in [0.4, 0.5) is 0 Å². The van der Waals surface area contributed by atoms with Gasteiger partial charge in [0, 0.05) is 25.7 Å². The van der Waals surface area contributed by atoms with E-state index in [1.807, 2.05) is 0 Å². The molecule has 17 nitrogen and oxygen atoms in total. The number of phosphoric acid groups is 2. The Morgan fingerprint density at radius 2 is 0.505 bits per heavy atom. The Labute approximate surface area is 619 Å². The molecule has 0 aliphatic carbocycles. The minimum absolute atomic E-state index is 0.106. The molecule has 0 spiro atoms. The molecular formula is C82H160O17P2. The van der Waals surface area contributed by atoms with E-state index in [4.69, 9.17) is 37.0 Å². The van der Waals surface area contributed by atoms with E-state index in [2.05, 4.69) is 48.5 Å². The first-order chi connectivity index (χ1) is 48.8. The van der Waals surface area contributed by atoms with Crippen molar-refractivity contribution in [3.8, 4) is 0 Å². The molecule has 0 saturated carbocycles. The minimum Gasteiger partial charge on any atom is -0.462 e. The predicted molar refractivity (Wildman–Crippen MR) is 414 cm³/mol. The number of rotatable bonds is 80. The number of carbonyl (C=O) groups is 4. The van der Waals surface area contributed by atoms with Crippen LogP contribution in [-0.2, 0) is 65.4 Å². The van der Waals surface area contributed by atoms with Gasteiger partial charge in [-0.1, -0.05) is 376 Å². The fraction of sp³-hybridized carbons (Fsp3) is 0.951. The highest BCUT2D eigenvalue weighted by Crippen LogP contribution is 2.45. The quantitative estimate of drug-likeness (QED) is 0.0222. The zero-order valence-electron chi connectivity index (χ0n) is 66.4. The molecule has 101 heavy (non-hydrogen) atoms. The summed E-state index contributed by atoms with van der Waals surface area (Å²) in [5, 5.41) is 10.6. The monoisotopic (exact) mass is 1480 g/mol. The van der Waals surface area contributed by atoms with Crippen LogP contribution >= 0.6 is 15.6 Å². The summed E-state index contributed by atoms with van der Waals surface area (Å²) in [7, 11) is -9.91. The van der Waals surface area contributed by atoms with Gasteiger partial charge in [-0.15, -0.1) is 0 Å². The SMILES string of the molecule is CCCCCCCCCC(=O)OC[C@H](COP(=O)(O)OC[C@H](O)COP(=O)(O)OC[C@@H](COC(=O)CCCCCCCCCCCCCCCCCCC(C)C)OC(=O)CCCCCCCCCCCCCCCCCCCCC(C)CC)OC(=O)CCCCCCCCCCCCC(C)C. The maximum absolute atomic E-state index is 13.1. The van der Waals surface area contributed by atoms with Crippen molar-refractivity contribution in [1.29, 1.82) is 0 Å². The van der Waals surface area contributed by atoms with Crippen molar-refractivity contribution < 1.29 is 80.2 Å². The fourth-order valence-corrected chi connectivity index (χ4v) is 14.2. The standard InChI is InChI=1S/C82H160O17P2/c1-8-10-11-12-39-49-56-63-79(84)92-69-77(98-82(87)66-59-52-45-38-32-31-34-41-47-54-61-74(5)6)71-96-100(88,89)94-67-76(83)68-95-101(90,91)97-72-78(70-93-80(85)64-57-50-43-36-29-25-21-18-17-19-23-27-33-40-46-53-60-73(3)4)99-81(86)65-58-51-44-37-30-26-22-16-14-13-15-20-24-28-35-42-48-55-62-75(7)9-2/h73-78,83H,8-72H2,1-7H3,(H,88,89)(H,90,91)/t75?,76-,77+,78+/m0/s1. The Morgan fingerprint density at radius 3 is 0.752 bits per heavy atom. The van der Waals surface area contributed by atoms with Gasteiger partial charge in [-0.3, -0.25) is 37.3 Å². The van der Waals surface area contributed by atoms with Gasteiger partial charge in [0.1, 0.15) is 19.3 Å². The Bertz CT molecular complexity index is 1960. The summed E-state index contributed by atoms with van der Waals surface area (Å²) < 4.78 is 68.6. The number of esters is 4. The second-order valence-corrected chi connectivity index (χ2v) is 33.6. The molecule has 0 aromatic heterocycles. The van der Waals surface area contributed by atoms with Crippen LogP contribution in [0.3, 0.4) is 0 Å². The second-order valence-electron chi connectivity index (χ2n) is 30.7. The van der Waals surface area contributed by atoms with Crippen molar-refractivity contribution in [3.63, 3.8) is 0 Å². The average Bonchev–Trinajstić information content (AvgIpc) is 0.958. The van der Waals surface area contributed by atoms with Crippen molar-refractivity contribution in [1.82, 2.24) is 0 Å². The van der Waals surface area contributed by atoms with Crippen molar-refractivity contribution >= 4 is 39.5 Å². The molecule has 600 valence electrons. The van der Waals surface area contributed by atoms with Gasteiger partial charge in [-0.05, 0) is 43.4 Å². The van der Waals surface area contributed by atoms with Crippen molar-refractivity contribution in [2.24, 2.45) is 17.8 Å². The number of aliphatic hydroxyl groups excluding tert-OH is 1. The van der Waals surface area contributed by atoms with Gasteiger partial charge in [0.2, 0.25) is 0 Å². The normalized spacial score (nSPS) is 14.2. The van der Waals surface area contributed by atoms with E-state index in [1.165, 1.54) is 225 Å². The Hall–Kier alpha value is -1.94. The third-order valence-corrected chi connectivity index (χ3v) is 21.4. The summed E-state index contributed by atoms with van der Waals surface area (Å²) in [6.07, 6.45) is 61.3. The van der Waals surface area contributed by atoms with Crippen LogP contribution in [-0.4, -0.2) is 96.7 Å². The van der Waals surface area contributed by atoms with Crippen molar-refractivity contribution in [2.75, 3.05) is 39.6 Å². The highest BCUT2D eigenvalue weighted by Gasteiger charge is 2.30. The zero-order valence-corrected chi connectivity index (χ0v) is 68.2. The molecule has 0 amide bonds. The number of hydrogen-bond acceptors (Lipinski definition) is 15. The van der Waals surface area contributed by atoms with Crippen LogP contribution < -0.4 is 0 Å². The molecule has 3 unspecified atom stereocenters. The van der Waals surface area contributed by atoms with Gasteiger partial charge < -0.3 is 33.8 Å². The lowest BCUT2D eigenvalue weighted by atomic mass is 9.99. The van der Waals surface area contributed by atoms with E-state index in [0.29, 0.717) is 25.7 Å². The summed E-state index contributed by atoms with van der Waals surface area (Å²) in [6.45, 7) is 12.0.